The summed E-state index contributed by atoms with van der Waals surface area (Å²) in [6.45, 7) is 0.987. The zero-order chi connectivity index (χ0) is 21.3. The van der Waals surface area contributed by atoms with Crippen LogP contribution >= 0.6 is 11.8 Å². The van der Waals surface area contributed by atoms with Gasteiger partial charge in [0, 0.05) is 18.2 Å². The average molecular weight is 421 g/mol. The Labute approximate surface area is 169 Å². The number of aliphatic carboxylic acids is 1. The van der Waals surface area contributed by atoms with E-state index >= 15 is 0 Å². The Morgan fingerprint density at radius 2 is 2.00 bits per heavy atom. The molecular formula is C18H19N3O7S. The first-order chi connectivity index (χ1) is 13.7. The molecule has 0 spiro atoms. The van der Waals surface area contributed by atoms with Crippen molar-refractivity contribution in [3.63, 3.8) is 0 Å². The number of esters is 1. The molecule has 1 fully saturated rings. The van der Waals surface area contributed by atoms with Gasteiger partial charge in [0.25, 0.3) is 5.91 Å². The minimum atomic E-state index is -1.31. The number of phenolic OH excluding ortho intramolecular Hbond substituents is 1. The van der Waals surface area contributed by atoms with E-state index in [9.17, 15) is 29.4 Å². The molecule has 5 N–H and O–H groups in total. The van der Waals surface area contributed by atoms with E-state index in [0.717, 1.165) is 4.90 Å². The van der Waals surface area contributed by atoms with Crippen molar-refractivity contribution < 1.29 is 34.1 Å². The molecular weight excluding hydrogens is 402 g/mol. The number of aromatic hydroxyl groups is 1. The standard InChI is InChI=1S/C18H19N3O7S/c1-8(22)28-6-10-7-29-17-13(16(25)21(17)14(10)18(26)27)20-15(24)12(19)9-2-4-11(23)5-3-9/h2-5,12-13,17,23H,6-7,19H2,1H3,(H,20,24)(H,26,27)/t12-,13-,17-/m1/s1. The number of benzene rings is 1. The number of hydrogen-bond acceptors (Lipinski definition) is 8. The van der Waals surface area contributed by atoms with Crippen molar-refractivity contribution in [1.82, 2.24) is 10.2 Å². The zero-order valence-corrected chi connectivity index (χ0v) is 16.1. The second-order valence-electron chi connectivity index (χ2n) is 6.50. The first-order valence-corrected chi connectivity index (χ1v) is 9.63. The van der Waals surface area contributed by atoms with Crippen molar-refractivity contribution in [2.75, 3.05) is 12.4 Å². The number of phenols is 1. The molecule has 0 saturated carbocycles. The topological polar surface area (TPSA) is 159 Å². The second kappa shape index (κ2) is 8.13. The zero-order valence-electron chi connectivity index (χ0n) is 15.3. The number of nitrogens with one attached hydrogen (secondary N) is 1. The van der Waals surface area contributed by atoms with Gasteiger partial charge in [-0.2, -0.15) is 0 Å². The molecule has 2 aliphatic rings. The lowest BCUT2D eigenvalue weighted by atomic mass is 10.0. The first kappa shape index (κ1) is 20.7. The van der Waals surface area contributed by atoms with Crippen LogP contribution < -0.4 is 11.1 Å². The summed E-state index contributed by atoms with van der Waals surface area (Å²) in [5, 5.41) is 20.8. The molecule has 10 nitrogen and oxygen atoms in total. The number of amides is 2. The third kappa shape index (κ3) is 4.05. The van der Waals surface area contributed by atoms with E-state index in [4.69, 9.17) is 10.5 Å². The summed E-state index contributed by atoms with van der Waals surface area (Å²) in [5.74, 6) is -2.77. The van der Waals surface area contributed by atoms with Crippen LogP contribution in [0.3, 0.4) is 0 Å². The molecule has 154 valence electrons. The van der Waals surface area contributed by atoms with Crippen LogP contribution in [0.1, 0.15) is 18.5 Å². The van der Waals surface area contributed by atoms with Crippen molar-refractivity contribution in [3.05, 3.63) is 41.1 Å². The van der Waals surface area contributed by atoms with Gasteiger partial charge in [0.15, 0.2) is 0 Å². The summed E-state index contributed by atoms with van der Waals surface area (Å²) >= 11 is 1.26. The Hall–Kier alpha value is -3.05. The Balaban J connectivity index is 1.71. The number of carbonyl (C=O) groups is 4. The smallest absolute Gasteiger partial charge is 0.352 e. The van der Waals surface area contributed by atoms with Gasteiger partial charge in [-0.25, -0.2) is 4.79 Å². The molecule has 0 aliphatic carbocycles. The molecule has 0 unspecified atom stereocenters. The number of carboxylic acid groups (broad SMARTS) is 1. The van der Waals surface area contributed by atoms with E-state index in [-0.39, 0.29) is 23.8 Å². The van der Waals surface area contributed by atoms with Gasteiger partial charge in [0.05, 0.1) is 0 Å². The number of nitrogens with zero attached hydrogens (tertiary/aromatic N) is 1. The predicted molar refractivity (Wildman–Crippen MR) is 101 cm³/mol. The molecule has 29 heavy (non-hydrogen) atoms. The summed E-state index contributed by atoms with van der Waals surface area (Å²) in [4.78, 5) is 48.8. The van der Waals surface area contributed by atoms with E-state index in [1.54, 1.807) is 0 Å². The maximum absolute atomic E-state index is 12.6. The normalized spacial score (nSPS) is 21.7. The number of carbonyl (C=O) groups excluding carboxylic acids is 3. The molecule has 1 saturated heterocycles. The summed E-state index contributed by atoms with van der Waals surface area (Å²) in [6.07, 6.45) is 0. The van der Waals surface area contributed by atoms with Crippen molar-refractivity contribution in [2.24, 2.45) is 5.73 Å². The SMILES string of the molecule is CC(=O)OCC1=C(C(=O)O)N2C(=O)[C@@H](NC(=O)[C@H](N)c3ccc(O)cc3)[C@H]2SC1. The highest BCUT2D eigenvalue weighted by molar-refractivity contribution is 8.00. The highest BCUT2D eigenvalue weighted by Gasteiger charge is 2.54. The van der Waals surface area contributed by atoms with Gasteiger partial charge in [-0.05, 0) is 17.7 Å². The van der Waals surface area contributed by atoms with Gasteiger partial charge in [-0.15, -0.1) is 11.8 Å². The lowest BCUT2D eigenvalue weighted by Gasteiger charge is -2.49. The molecule has 1 aromatic rings. The molecule has 2 heterocycles. The number of ether oxygens (including phenoxy) is 1. The van der Waals surface area contributed by atoms with Gasteiger partial charge >= 0.3 is 11.9 Å². The molecule has 3 atom stereocenters. The lowest BCUT2D eigenvalue weighted by molar-refractivity contribution is -0.151. The number of β-lactam (4-membered cyclic amide) rings is 1. The second-order valence-corrected chi connectivity index (χ2v) is 7.61. The third-order valence-corrected chi connectivity index (χ3v) is 5.87. The highest BCUT2D eigenvalue weighted by atomic mass is 32.2. The largest absolute Gasteiger partial charge is 0.508 e. The quantitative estimate of drug-likeness (QED) is 0.357. The Morgan fingerprint density at radius 1 is 1.34 bits per heavy atom. The number of rotatable bonds is 6. The fourth-order valence-corrected chi connectivity index (χ4v) is 4.39. The van der Waals surface area contributed by atoms with Crippen molar-refractivity contribution in [2.45, 2.75) is 24.4 Å². The van der Waals surface area contributed by atoms with E-state index < -0.39 is 41.2 Å². The van der Waals surface area contributed by atoms with Gasteiger partial charge < -0.3 is 26.0 Å². The maximum Gasteiger partial charge on any atom is 0.352 e. The maximum atomic E-state index is 12.6. The Kier molecular flexibility index (Phi) is 5.80. The highest BCUT2D eigenvalue weighted by Crippen LogP contribution is 2.40. The van der Waals surface area contributed by atoms with Crippen LogP contribution in [0.15, 0.2) is 35.5 Å². The fraction of sp³-hybridized carbons (Fsp3) is 0.333. The molecule has 11 heteroatoms. The number of carboxylic acids is 1. The summed E-state index contributed by atoms with van der Waals surface area (Å²) in [6, 6.07) is 3.81. The van der Waals surface area contributed by atoms with Crippen LogP contribution in [0.5, 0.6) is 5.75 Å². The van der Waals surface area contributed by atoms with Crippen LogP contribution in [0, 0.1) is 0 Å². The summed E-state index contributed by atoms with van der Waals surface area (Å²) in [7, 11) is 0. The lowest BCUT2D eigenvalue weighted by Crippen LogP contribution is -2.71. The summed E-state index contributed by atoms with van der Waals surface area (Å²) < 4.78 is 4.87. The molecule has 3 rings (SSSR count). The molecule has 1 aromatic carbocycles. The number of thioether (sulfide) groups is 1. The predicted octanol–water partition coefficient (Wildman–Crippen LogP) is -0.306. The van der Waals surface area contributed by atoms with Gasteiger partial charge in [-0.3, -0.25) is 19.3 Å². The van der Waals surface area contributed by atoms with Gasteiger partial charge in [0.2, 0.25) is 5.91 Å². The Morgan fingerprint density at radius 3 is 2.59 bits per heavy atom. The van der Waals surface area contributed by atoms with E-state index in [1.807, 2.05) is 0 Å². The monoisotopic (exact) mass is 421 g/mol. The van der Waals surface area contributed by atoms with Crippen LogP contribution in [0.25, 0.3) is 0 Å². The van der Waals surface area contributed by atoms with Gasteiger partial charge in [0.1, 0.15) is 35.5 Å². The van der Waals surface area contributed by atoms with Crippen molar-refractivity contribution >= 4 is 35.5 Å². The summed E-state index contributed by atoms with van der Waals surface area (Å²) in [5.41, 5.74) is 6.46. The van der Waals surface area contributed by atoms with E-state index in [0.29, 0.717) is 11.1 Å². The van der Waals surface area contributed by atoms with Crippen LogP contribution in [-0.4, -0.2) is 62.6 Å². The molecule has 2 amide bonds. The molecule has 2 aliphatic heterocycles. The first-order valence-electron chi connectivity index (χ1n) is 8.59. The van der Waals surface area contributed by atoms with E-state index in [1.165, 1.54) is 43.0 Å². The fourth-order valence-electron chi connectivity index (χ4n) is 3.06. The number of fused-ring (bicyclic) bond motifs is 1. The van der Waals surface area contributed by atoms with Crippen LogP contribution in [0.2, 0.25) is 0 Å². The molecule has 0 radical (unpaired) electrons. The minimum Gasteiger partial charge on any atom is -0.508 e. The minimum absolute atomic E-state index is 0.0299. The van der Waals surface area contributed by atoms with Crippen LogP contribution in [0.4, 0.5) is 0 Å². The molecule has 0 aromatic heterocycles. The van der Waals surface area contributed by atoms with Crippen molar-refractivity contribution in [3.8, 4) is 5.75 Å². The third-order valence-electron chi connectivity index (χ3n) is 4.53. The van der Waals surface area contributed by atoms with Crippen LogP contribution in [-0.2, 0) is 23.9 Å². The number of hydrogen-bond donors (Lipinski definition) is 4. The number of nitrogens with two attached hydrogens (primary N) is 1. The van der Waals surface area contributed by atoms with Gasteiger partial charge in [-0.1, -0.05) is 12.1 Å². The Bertz CT molecular complexity index is 899. The van der Waals surface area contributed by atoms with E-state index in [2.05, 4.69) is 5.32 Å². The average Bonchev–Trinajstić information content (AvgIpc) is 2.69. The molecule has 0 bridgehead atoms. The van der Waals surface area contributed by atoms with Crippen molar-refractivity contribution in [1.29, 1.82) is 0 Å².